The van der Waals surface area contributed by atoms with Crippen LogP contribution >= 0.6 is 0 Å². The summed E-state index contributed by atoms with van der Waals surface area (Å²) in [4.78, 5) is 18.4. The molecule has 0 aliphatic carbocycles. The maximum Gasteiger partial charge on any atom is 0.410 e. The minimum Gasteiger partial charge on any atom is -0.444 e. The van der Waals surface area contributed by atoms with Gasteiger partial charge in [-0.05, 0) is 54.9 Å². The molecule has 22 heavy (non-hydrogen) atoms. The van der Waals surface area contributed by atoms with Crippen LogP contribution in [0.25, 0.3) is 0 Å². The van der Waals surface area contributed by atoms with E-state index in [0.29, 0.717) is 13.1 Å². The molecule has 0 atom stereocenters. The lowest BCUT2D eigenvalue weighted by Crippen LogP contribution is -2.41. The van der Waals surface area contributed by atoms with Gasteiger partial charge in [0.25, 0.3) is 0 Å². The van der Waals surface area contributed by atoms with Crippen molar-refractivity contribution in [2.45, 2.75) is 66.5 Å². The molecular formula is C16H34N4O2. The van der Waals surface area contributed by atoms with E-state index in [1.807, 2.05) is 48.5 Å². The van der Waals surface area contributed by atoms with Crippen LogP contribution in [-0.2, 0) is 4.74 Å². The van der Waals surface area contributed by atoms with E-state index >= 15 is 0 Å². The first-order valence-corrected chi connectivity index (χ1v) is 8.23. The lowest BCUT2D eigenvalue weighted by Gasteiger charge is -2.30. The molecule has 1 amide bonds. The van der Waals surface area contributed by atoms with Crippen molar-refractivity contribution in [3.8, 4) is 0 Å². The molecule has 0 aromatic rings. The van der Waals surface area contributed by atoms with Crippen LogP contribution in [0.15, 0.2) is 4.99 Å². The van der Waals surface area contributed by atoms with E-state index in [2.05, 4.69) is 15.6 Å². The highest BCUT2D eigenvalue weighted by molar-refractivity contribution is 5.79. The smallest absolute Gasteiger partial charge is 0.410 e. The van der Waals surface area contributed by atoms with Crippen molar-refractivity contribution >= 4 is 12.1 Å². The Morgan fingerprint density at radius 3 is 2.14 bits per heavy atom. The maximum absolute atomic E-state index is 12.2. The predicted molar refractivity (Wildman–Crippen MR) is 92.3 cm³/mol. The summed E-state index contributed by atoms with van der Waals surface area (Å²) >= 11 is 0. The van der Waals surface area contributed by atoms with Crippen molar-refractivity contribution in [1.29, 1.82) is 0 Å². The minimum atomic E-state index is -0.467. The van der Waals surface area contributed by atoms with E-state index in [9.17, 15) is 4.79 Å². The fourth-order valence-corrected chi connectivity index (χ4v) is 1.82. The zero-order valence-corrected chi connectivity index (χ0v) is 15.3. The molecule has 2 N–H and O–H groups in total. The number of carbonyl (C=O) groups excluding carboxylic acids is 1. The average Bonchev–Trinajstić information content (AvgIpc) is 2.36. The number of nitrogens with zero attached hydrogens (tertiary/aromatic N) is 2. The molecule has 0 saturated heterocycles. The van der Waals surface area contributed by atoms with Crippen molar-refractivity contribution in [2.75, 3.05) is 26.2 Å². The van der Waals surface area contributed by atoms with E-state index in [1.165, 1.54) is 0 Å². The number of hydrogen-bond acceptors (Lipinski definition) is 3. The second-order valence-corrected chi connectivity index (χ2v) is 6.41. The number of amides is 1. The van der Waals surface area contributed by atoms with Gasteiger partial charge in [0.2, 0.25) is 0 Å². The van der Waals surface area contributed by atoms with Crippen LogP contribution in [0.3, 0.4) is 0 Å². The van der Waals surface area contributed by atoms with E-state index in [1.54, 1.807) is 4.90 Å². The van der Waals surface area contributed by atoms with Gasteiger partial charge in [0, 0.05) is 32.2 Å². The van der Waals surface area contributed by atoms with Gasteiger partial charge in [-0.3, -0.25) is 4.99 Å². The van der Waals surface area contributed by atoms with Crippen LogP contribution in [0, 0.1) is 0 Å². The lowest BCUT2D eigenvalue weighted by molar-refractivity contribution is 0.0190. The Labute approximate surface area is 135 Å². The zero-order valence-electron chi connectivity index (χ0n) is 15.3. The Kier molecular flexibility index (Phi) is 9.61. The molecule has 0 radical (unpaired) electrons. The van der Waals surface area contributed by atoms with Crippen LogP contribution in [0.1, 0.15) is 54.9 Å². The Bertz CT molecular complexity index is 341. The number of hydrogen-bond donors (Lipinski definition) is 2. The summed E-state index contributed by atoms with van der Waals surface area (Å²) in [5.41, 5.74) is -0.467. The summed E-state index contributed by atoms with van der Waals surface area (Å²) in [7, 11) is 0. The van der Waals surface area contributed by atoms with Gasteiger partial charge in [0.1, 0.15) is 5.60 Å². The fourth-order valence-electron chi connectivity index (χ4n) is 1.82. The number of nitrogens with one attached hydrogen (secondary N) is 2. The first-order valence-electron chi connectivity index (χ1n) is 8.23. The molecule has 0 saturated carbocycles. The van der Waals surface area contributed by atoms with Gasteiger partial charge in [-0.1, -0.05) is 0 Å². The third-order valence-corrected chi connectivity index (χ3v) is 2.77. The zero-order chi connectivity index (χ0) is 17.2. The van der Waals surface area contributed by atoms with Gasteiger partial charge in [-0.25, -0.2) is 4.79 Å². The number of aliphatic imine (C=N–C) groups is 1. The third kappa shape index (κ3) is 9.47. The number of ether oxygens (including phenoxy) is 1. The van der Waals surface area contributed by atoms with Crippen molar-refractivity contribution in [1.82, 2.24) is 15.5 Å². The topological polar surface area (TPSA) is 66.0 Å². The molecule has 0 unspecified atom stereocenters. The number of carbonyl (C=O) groups is 1. The van der Waals surface area contributed by atoms with Gasteiger partial charge in [0.15, 0.2) is 5.96 Å². The van der Waals surface area contributed by atoms with Crippen LogP contribution < -0.4 is 10.6 Å². The SMILES string of the molecule is CCNC(=NCCCN(C(=O)OC(C)(C)C)C(C)C)NCC. The monoisotopic (exact) mass is 314 g/mol. The predicted octanol–water partition coefficient (Wildman–Crippen LogP) is 2.60. The molecular weight excluding hydrogens is 280 g/mol. The maximum atomic E-state index is 12.2. The summed E-state index contributed by atoms with van der Waals surface area (Å²) in [6.45, 7) is 16.7. The van der Waals surface area contributed by atoms with Gasteiger partial charge in [-0.2, -0.15) is 0 Å². The standard InChI is InChI=1S/C16H34N4O2/c1-8-17-14(18-9-2)19-11-10-12-20(13(3)4)15(21)22-16(5,6)7/h13H,8-12H2,1-7H3,(H2,17,18,19). The van der Waals surface area contributed by atoms with Crippen LogP contribution in [0.2, 0.25) is 0 Å². The summed E-state index contributed by atoms with van der Waals surface area (Å²) in [5, 5.41) is 6.36. The fraction of sp³-hybridized carbons (Fsp3) is 0.875. The first kappa shape index (κ1) is 20.5. The molecule has 0 fully saturated rings. The Balaban J connectivity index is 4.42. The van der Waals surface area contributed by atoms with E-state index in [-0.39, 0.29) is 12.1 Å². The quantitative estimate of drug-likeness (QED) is 0.431. The highest BCUT2D eigenvalue weighted by Crippen LogP contribution is 2.12. The molecule has 0 aliphatic heterocycles. The van der Waals surface area contributed by atoms with Crippen LogP contribution in [-0.4, -0.2) is 54.8 Å². The average molecular weight is 314 g/mol. The molecule has 0 spiro atoms. The highest BCUT2D eigenvalue weighted by Gasteiger charge is 2.23. The summed E-state index contributed by atoms with van der Waals surface area (Å²) in [5.74, 6) is 0.818. The molecule has 0 heterocycles. The number of rotatable bonds is 7. The van der Waals surface area contributed by atoms with E-state index in [4.69, 9.17) is 4.74 Å². The lowest BCUT2D eigenvalue weighted by atomic mass is 10.2. The van der Waals surface area contributed by atoms with E-state index in [0.717, 1.165) is 25.5 Å². The molecule has 6 heteroatoms. The third-order valence-electron chi connectivity index (χ3n) is 2.77. The molecule has 0 aliphatic rings. The largest absolute Gasteiger partial charge is 0.444 e. The van der Waals surface area contributed by atoms with Crippen molar-refractivity contribution in [3.05, 3.63) is 0 Å². The van der Waals surface area contributed by atoms with Gasteiger partial charge in [-0.15, -0.1) is 0 Å². The van der Waals surface area contributed by atoms with Gasteiger partial charge >= 0.3 is 6.09 Å². The summed E-state index contributed by atoms with van der Waals surface area (Å²) in [6, 6.07) is 0.112. The second-order valence-electron chi connectivity index (χ2n) is 6.41. The van der Waals surface area contributed by atoms with E-state index < -0.39 is 5.60 Å². The second kappa shape index (κ2) is 10.3. The molecule has 130 valence electrons. The molecule has 6 nitrogen and oxygen atoms in total. The summed E-state index contributed by atoms with van der Waals surface area (Å²) in [6.07, 6.45) is 0.544. The van der Waals surface area contributed by atoms with Gasteiger partial charge in [0.05, 0.1) is 0 Å². The minimum absolute atomic E-state index is 0.112. The van der Waals surface area contributed by atoms with Crippen LogP contribution in [0.4, 0.5) is 4.79 Å². The Morgan fingerprint density at radius 1 is 1.18 bits per heavy atom. The normalized spacial score (nSPS) is 11.1. The highest BCUT2D eigenvalue weighted by atomic mass is 16.6. The van der Waals surface area contributed by atoms with Crippen molar-refractivity contribution in [3.63, 3.8) is 0 Å². The Hall–Kier alpha value is -1.46. The van der Waals surface area contributed by atoms with Crippen LogP contribution in [0.5, 0.6) is 0 Å². The van der Waals surface area contributed by atoms with Crippen molar-refractivity contribution in [2.24, 2.45) is 4.99 Å². The summed E-state index contributed by atoms with van der Waals surface area (Å²) < 4.78 is 5.44. The van der Waals surface area contributed by atoms with Gasteiger partial charge < -0.3 is 20.3 Å². The molecule has 0 aromatic carbocycles. The molecule has 0 rings (SSSR count). The van der Waals surface area contributed by atoms with Crippen molar-refractivity contribution < 1.29 is 9.53 Å². The molecule has 0 aromatic heterocycles. The molecule has 0 bridgehead atoms. The first-order chi connectivity index (χ1) is 10.2. The Morgan fingerprint density at radius 2 is 1.73 bits per heavy atom. The number of guanidine groups is 1.